The zero-order valence-electron chi connectivity index (χ0n) is 13.8. The van der Waals surface area contributed by atoms with Crippen molar-refractivity contribution in [1.29, 1.82) is 0 Å². The quantitative estimate of drug-likeness (QED) is 0.913. The van der Waals surface area contributed by atoms with Gasteiger partial charge in [0.15, 0.2) is 6.61 Å². The van der Waals surface area contributed by atoms with Crippen molar-refractivity contribution in [2.75, 3.05) is 6.61 Å². The Hall–Kier alpha value is -2.29. The number of aryl methyl sites for hydroxylation is 3. The van der Waals surface area contributed by atoms with Crippen molar-refractivity contribution in [2.45, 2.75) is 39.2 Å². The summed E-state index contributed by atoms with van der Waals surface area (Å²) in [6.07, 6.45) is 3.57. The van der Waals surface area contributed by atoms with Crippen molar-refractivity contribution < 1.29 is 9.53 Å². The third-order valence-corrected chi connectivity index (χ3v) is 4.36. The Bertz CT molecular complexity index is 709. The summed E-state index contributed by atoms with van der Waals surface area (Å²) < 4.78 is 5.55. The molecule has 23 heavy (non-hydrogen) atoms. The number of ether oxygens (including phenoxy) is 1. The zero-order valence-corrected chi connectivity index (χ0v) is 13.8. The topological polar surface area (TPSA) is 38.3 Å². The summed E-state index contributed by atoms with van der Waals surface area (Å²) in [7, 11) is 0. The molecule has 0 bridgehead atoms. The predicted octanol–water partition coefficient (Wildman–Crippen LogP) is 3.74. The minimum absolute atomic E-state index is 0.00508. The second-order valence-corrected chi connectivity index (χ2v) is 6.28. The fourth-order valence-corrected chi connectivity index (χ4v) is 3.08. The Kier molecular flexibility index (Phi) is 4.65. The van der Waals surface area contributed by atoms with Gasteiger partial charge in [-0.1, -0.05) is 30.3 Å². The summed E-state index contributed by atoms with van der Waals surface area (Å²) in [6, 6.07) is 14.3. The Morgan fingerprint density at radius 1 is 1.17 bits per heavy atom. The second kappa shape index (κ2) is 6.86. The lowest BCUT2D eigenvalue weighted by molar-refractivity contribution is -0.123. The molecule has 1 amide bonds. The molecule has 0 spiro atoms. The molecule has 3 rings (SSSR count). The molecule has 1 atom stereocenters. The number of hydrogen-bond donors (Lipinski definition) is 1. The van der Waals surface area contributed by atoms with E-state index in [-0.39, 0.29) is 18.6 Å². The first-order valence-electron chi connectivity index (χ1n) is 8.22. The average molecular weight is 309 g/mol. The molecular weight excluding hydrogens is 286 g/mol. The molecule has 0 saturated heterocycles. The molecular formula is C20H23NO2. The number of nitrogens with one attached hydrogen (secondary N) is 1. The van der Waals surface area contributed by atoms with Gasteiger partial charge < -0.3 is 10.1 Å². The number of hydrogen-bond acceptors (Lipinski definition) is 2. The van der Waals surface area contributed by atoms with Crippen LogP contribution in [0.4, 0.5) is 0 Å². The molecule has 2 aromatic carbocycles. The molecule has 1 aliphatic rings. The van der Waals surface area contributed by atoms with Crippen molar-refractivity contribution in [1.82, 2.24) is 5.32 Å². The van der Waals surface area contributed by atoms with E-state index in [1.165, 1.54) is 24.0 Å². The highest BCUT2D eigenvalue weighted by molar-refractivity contribution is 5.78. The lowest BCUT2D eigenvalue weighted by Gasteiger charge is -2.16. The van der Waals surface area contributed by atoms with Crippen LogP contribution < -0.4 is 10.1 Å². The van der Waals surface area contributed by atoms with Gasteiger partial charge in [0.05, 0.1) is 6.04 Å². The molecule has 0 aliphatic heterocycles. The normalized spacial score (nSPS) is 14.2. The number of benzene rings is 2. The minimum atomic E-state index is -0.0977. The van der Waals surface area contributed by atoms with Crippen LogP contribution in [0, 0.1) is 6.92 Å². The van der Waals surface area contributed by atoms with Crippen LogP contribution in [-0.4, -0.2) is 12.5 Å². The lowest BCUT2D eigenvalue weighted by Crippen LogP contribution is -2.31. The van der Waals surface area contributed by atoms with Crippen LogP contribution in [-0.2, 0) is 17.6 Å². The number of amides is 1. The SMILES string of the molecule is Cc1cccc(OCC(=O)N[C@H](C)c2ccc3c(c2)CCC3)c1. The van der Waals surface area contributed by atoms with E-state index in [1.807, 2.05) is 38.1 Å². The van der Waals surface area contributed by atoms with Crippen molar-refractivity contribution in [3.8, 4) is 5.75 Å². The van der Waals surface area contributed by atoms with Crippen molar-refractivity contribution in [3.05, 3.63) is 64.7 Å². The Morgan fingerprint density at radius 3 is 2.83 bits per heavy atom. The fraction of sp³-hybridized carbons (Fsp3) is 0.350. The van der Waals surface area contributed by atoms with Crippen LogP contribution in [0.3, 0.4) is 0 Å². The first kappa shape index (κ1) is 15.6. The molecule has 3 heteroatoms. The van der Waals surface area contributed by atoms with Gasteiger partial charge in [-0.15, -0.1) is 0 Å². The van der Waals surface area contributed by atoms with Crippen LogP contribution >= 0.6 is 0 Å². The monoisotopic (exact) mass is 309 g/mol. The standard InChI is InChI=1S/C20H23NO2/c1-14-5-3-8-19(11-14)23-13-20(22)21-15(2)17-10-9-16-6-4-7-18(16)12-17/h3,5,8-12,15H,4,6-7,13H2,1-2H3,(H,21,22)/t15-/m1/s1. The molecule has 0 radical (unpaired) electrons. The summed E-state index contributed by atoms with van der Waals surface area (Å²) >= 11 is 0. The molecule has 1 aliphatic carbocycles. The summed E-state index contributed by atoms with van der Waals surface area (Å²) in [6.45, 7) is 4.06. The first-order chi connectivity index (χ1) is 11.1. The van der Waals surface area contributed by atoms with E-state index in [1.54, 1.807) is 0 Å². The Balaban J connectivity index is 1.55. The summed E-state index contributed by atoms with van der Waals surface area (Å²) in [5.74, 6) is 0.629. The summed E-state index contributed by atoms with van der Waals surface area (Å²) in [5.41, 5.74) is 5.17. The summed E-state index contributed by atoms with van der Waals surface area (Å²) in [4.78, 5) is 12.1. The van der Waals surface area contributed by atoms with Gasteiger partial charge in [0.2, 0.25) is 0 Å². The van der Waals surface area contributed by atoms with Gasteiger partial charge in [-0.3, -0.25) is 4.79 Å². The maximum absolute atomic E-state index is 12.1. The zero-order chi connectivity index (χ0) is 16.2. The molecule has 3 nitrogen and oxygen atoms in total. The van der Waals surface area contributed by atoms with E-state index in [2.05, 4.69) is 23.5 Å². The minimum Gasteiger partial charge on any atom is -0.484 e. The molecule has 0 fully saturated rings. The molecule has 120 valence electrons. The number of fused-ring (bicyclic) bond motifs is 1. The average Bonchev–Trinajstić information content (AvgIpc) is 3.00. The van der Waals surface area contributed by atoms with Gasteiger partial charge in [0.25, 0.3) is 5.91 Å². The van der Waals surface area contributed by atoms with Crippen molar-refractivity contribution >= 4 is 5.91 Å². The van der Waals surface area contributed by atoms with E-state index >= 15 is 0 Å². The van der Waals surface area contributed by atoms with Crippen LogP contribution in [0.5, 0.6) is 5.75 Å². The molecule has 0 aromatic heterocycles. The molecule has 2 aromatic rings. The van der Waals surface area contributed by atoms with Crippen LogP contribution in [0.25, 0.3) is 0 Å². The molecule has 0 heterocycles. The molecule has 0 saturated carbocycles. The van der Waals surface area contributed by atoms with E-state index < -0.39 is 0 Å². The van der Waals surface area contributed by atoms with Gasteiger partial charge in [-0.2, -0.15) is 0 Å². The van der Waals surface area contributed by atoms with E-state index in [9.17, 15) is 4.79 Å². The van der Waals surface area contributed by atoms with E-state index in [0.29, 0.717) is 0 Å². The maximum Gasteiger partial charge on any atom is 0.258 e. The fourth-order valence-electron chi connectivity index (χ4n) is 3.08. The third kappa shape index (κ3) is 3.92. The third-order valence-electron chi connectivity index (χ3n) is 4.36. The molecule has 0 unspecified atom stereocenters. The lowest BCUT2D eigenvalue weighted by atomic mass is 10.0. The second-order valence-electron chi connectivity index (χ2n) is 6.28. The van der Waals surface area contributed by atoms with Crippen molar-refractivity contribution in [2.24, 2.45) is 0 Å². The number of rotatable bonds is 5. The Labute approximate surface area is 137 Å². The van der Waals surface area contributed by atoms with E-state index in [0.717, 1.165) is 23.3 Å². The van der Waals surface area contributed by atoms with Gasteiger partial charge >= 0.3 is 0 Å². The van der Waals surface area contributed by atoms with Gasteiger partial charge in [-0.25, -0.2) is 0 Å². The van der Waals surface area contributed by atoms with Crippen LogP contribution in [0.2, 0.25) is 0 Å². The number of carbonyl (C=O) groups is 1. The first-order valence-corrected chi connectivity index (χ1v) is 8.22. The highest BCUT2D eigenvalue weighted by atomic mass is 16.5. The molecule has 1 N–H and O–H groups in total. The van der Waals surface area contributed by atoms with Crippen molar-refractivity contribution in [3.63, 3.8) is 0 Å². The predicted molar refractivity (Wildman–Crippen MR) is 91.7 cm³/mol. The maximum atomic E-state index is 12.1. The highest BCUT2D eigenvalue weighted by Crippen LogP contribution is 2.25. The summed E-state index contributed by atoms with van der Waals surface area (Å²) in [5, 5.41) is 3.01. The van der Waals surface area contributed by atoms with Crippen LogP contribution in [0.15, 0.2) is 42.5 Å². The highest BCUT2D eigenvalue weighted by Gasteiger charge is 2.15. The smallest absolute Gasteiger partial charge is 0.258 e. The number of carbonyl (C=O) groups excluding carboxylic acids is 1. The van der Waals surface area contributed by atoms with Gasteiger partial charge in [0, 0.05) is 0 Å². The van der Waals surface area contributed by atoms with E-state index in [4.69, 9.17) is 4.74 Å². The Morgan fingerprint density at radius 2 is 2.00 bits per heavy atom. The van der Waals surface area contributed by atoms with Gasteiger partial charge in [0.1, 0.15) is 5.75 Å². The largest absolute Gasteiger partial charge is 0.484 e. The van der Waals surface area contributed by atoms with Crippen LogP contribution in [0.1, 0.15) is 41.6 Å². The van der Waals surface area contributed by atoms with Gasteiger partial charge in [-0.05, 0) is 67.5 Å².